The molecule has 1 heterocycles. The van der Waals surface area contributed by atoms with E-state index in [9.17, 15) is 0 Å². The molecule has 2 aliphatic rings. The highest BCUT2D eigenvalue weighted by atomic mass is 15.3. The molecule has 1 aliphatic heterocycles. The molecular formula is C13H26N2. The summed E-state index contributed by atoms with van der Waals surface area (Å²) >= 11 is 0. The van der Waals surface area contributed by atoms with Gasteiger partial charge in [0.05, 0.1) is 0 Å². The molecular weight excluding hydrogens is 184 g/mol. The lowest BCUT2D eigenvalue weighted by atomic mass is 9.72. The molecule has 88 valence electrons. The molecule has 1 aliphatic carbocycles. The largest absolute Gasteiger partial charge is 0.329 e. The van der Waals surface area contributed by atoms with Gasteiger partial charge in [-0.15, -0.1) is 0 Å². The van der Waals surface area contributed by atoms with Crippen LogP contribution in [0.15, 0.2) is 0 Å². The first-order valence-corrected chi connectivity index (χ1v) is 6.48. The van der Waals surface area contributed by atoms with Crippen LogP contribution in [-0.2, 0) is 0 Å². The number of nitrogens with zero attached hydrogens (tertiary/aromatic N) is 1. The summed E-state index contributed by atoms with van der Waals surface area (Å²) < 4.78 is 0. The number of hydrogen-bond acceptors (Lipinski definition) is 2. The highest BCUT2D eigenvalue weighted by molar-refractivity contribution is 5.05. The average Bonchev–Trinajstić information content (AvgIpc) is 2.62. The molecule has 0 amide bonds. The van der Waals surface area contributed by atoms with E-state index in [1.165, 1.54) is 38.8 Å². The molecule has 2 nitrogen and oxygen atoms in total. The standard InChI is InChI=1S/C13H26N2/c1-11(2)12(3,8-14)15-9-13(10-15)6-4-5-7-13/h11H,4-10,14H2,1-3H3. The lowest BCUT2D eigenvalue weighted by molar-refractivity contribution is -0.0831. The van der Waals surface area contributed by atoms with E-state index in [-0.39, 0.29) is 5.54 Å². The van der Waals surface area contributed by atoms with E-state index in [2.05, 4.69) is 25.7 Å². The maximum Gasteiger partial charge on any atom is 0.0326 e. The predicted octanol–water partition coefficient (Wildman–Crippen LogP) is 2.24. The van der Waals surface area contributed by atoms with Crippen molar-refractivity contribution in [2.24, 2.45) is 17.1 Å². The van der Waals surface area contributed by atoms with E-state index in [0.717, 1.165) is 6.54 Å². The molecule has 0 aromatic carbocycles. The minimum absolute atomic E-state index is 0.230. The highest BCUT2D eigenvalue weighted by Gasteiger charge is 2.50. The van der Waals surface area contributed by atoms with E-state index in [1.807, 2.05) is 0 Å². The Hall–Kier alpha value is -0.0800. The number of rotatable bonds is 3. The van der Waals surface area contributed by atoms with Gasteiger partial charge in [0.2, 0.25) is 0 Å². The third kappa shape index (κ3) is 1.72. The second-order valence-corrected chi connectivity index (χ2v) is 6.28. The second-order valence-electron chi connectivity index (χ2n) is 6.28. The Balaban J connectivity index is 1.97. The minimum Gasteiger partial charge on any atom is -0.329 e. The number of nitrogens with two attached hydrogens (primary N) is 1. The summed E-state index contributed by atoms with van der Waals surface area (Å²) in [6.07, 6.45) is 5.83. The van der Waals surface area contributed by atoms with Crippen molar-refractivity contribution in [2.45, 2.75) is 52.0 Å². The Morgan fingerprint density at radius 2 is 1.80 bits per heavy atom. The van der Waals surface area contributed by atoms with Crippen molar-refractivity contribution >= 4 is 0 Å². The SMILES string of the molecule is CC(C)C(C)(CN)N1CC2(CCCC2)C1. The van der Waals surface area contributed by atoms with E-state index in [4.69, 9.17) is 5.73 Å². The van der Waals surface area contributed by atoms with Gasteiger partial charge in [0, 0.05) is 25.2 Å². The molecule has 1 atom stereocenters. The quantitative estimate of drug-likeness (QED) is 0.774. The van der Waals surface area contributed by atoms with E-state index >= 15 is 0 Å². The van der Waals surface area contributed by atoms with Gasteiger partial charge < -0.3 is 5.73 Å². The van der Waals surface area contributed by atoms with Gasteiger partial charge >= 0.3 is 0 Å². The van der Waals surface area contributed by atoms with Crippen LogP contribution < -0.4 is 5.73 Å². The van der Waals surface area contributed by atoms with E-state index in [0.29, 0.717) is 11.3 Å². The number of likely N-dealkylation sites (tertiary alicyclic amines) is 1. The molecule has 2 fully saturated rings. The van der Waals surface area contributed by atoms with Crippen molar-refractivity contribution in [3.8, 4) is 0 Å². The van der Waals surface area contributed by atoms with E-state index < -0.39 is 0 Å². The smallest absolute Gasteiger partial charge is 0.0326 e. The van der Waals surface area contributed by atoms with Crippen LogP contribution in [0.2, 0.25) is 0 Å². The molecule has 1 saturated carbocycles. The summed E-state index contributed by atoms with van der Waals surface area (Å²) in [5, 5.41) is 0. The van der Waals surface area contributed by atoms with Gasteiger partial charge in [-0.05, 0) is 31.1 Å². The zero-order valence-corrected chi connectivity index (χ0v) is 10.6. The first-order chi connectivity index (χ1) is 7.02. The third-order valence-electron chi connectivity index (χ3n) is 5.10. The summed E-state index contributed by atoms with van der Waals surface area (Å²) in [4.78, 5) is 2.63. The van der Waals surface area contributed by atoms with Gasteiger partial charge in [0.25, 0.3) is 0 Å². The van der Waals surface area contributed by atoms with E-state index in [1.54, 1.807) is 0 Å². The van der Waals surface area contributed by atoms with Crippen LogP contribution >= 0.6 is 0 Å². The van der Waals surface area contributed by atoms with Crippen molar-refractivity contribution in [3.05, 3.63) is 0 Å². The molecule has 1 spiro atoms. The first-order valence-electron chi connectivity index (χ1n) is 6.48. The Morgan fingerprint density at radius 3 is 2.20 bits per heavy atom. The summed E-state index contributed by atoms with van der Waals surface area (Å²) in [5.41, 5.74) is 6.89. The van der Waals surface area contributed by atoms with Crippen LogP contribution in [-0.4, -0.2) is 30.1 Å². The van der Waals surface area contributed by atoms with Crippen LogP contribution in [0.4, 0.5) is 0 Å². The topological polar surface area (TPSA) is 29.3 Å². The molecule has 2 N–H and O–H groups in total. The summed E-state index contributed by atoms with van der Waals surface area (Å²) in [6, 6.07) is 0. The molecule has 0 bridgehead atoms. The molecule has 1 unspecified atom stereocenters. The second kappa shape index (κ2) is 3.74. The van der Waals surface area contributed by atoms with Crippen LogP contribution in [0.25, 0.3) is 0 Å². The Morgan fingerprint density at radius 1 is 1.27 bits per heavy atom. The molecule has 2 rings (SSSR count). The van der Waals surface area contributed by atoms with Crippen molar-refractivity contribution in [2.75, 3.05) is 19.6 Å². The fraction of sp³-hybridized carbons (Fsp3) is 1.00. The Labute approximate surface area is 94.2 Å². The predicted molar refractivity (Wildman–Crippen MR) is 64.8 cm³/mol. The number of hydrogen-bond donors (Lipinski definition) is 1. The van der Waals surface area contributed by atoms with Gasteiger partial charge in [-0.2, -0.15) is 0 Å². The lowest BCUT2D eigenvalue weighted by Gasteiger charge is -2.58. The van der Waals surface area contributed by atoms with Crippen molar-refractivity contribution < 1.29 is 0 Å². The average molecular weight is 210 g/mol. The van der Waals surface area contributed by atoms with Gasteiger partial charge in [0.15, 0.2) is 0 Å². The molecule has 15 heavy (non-hydrogen) atoms. The Kier molecular flexibility index (Phi) is 2.85. The highest BCUT2D eigenvalue weighted by Crippen LogP contribution is 2.48. The third-order valence-corrected chi connectivity index (χ3v) is 5.10. The molecule has 0 aromatic heterocycles. The van der Waals surface area contributed by atoms with Gasteiger partial charge in [0.1, 0.15) is 0 Å². The normalized spacial score (nSPS) is 29.4. The molecule has 0 aromatic rings. The lowest BCUT2D eigenvalue weighted by Crippen LogP contribution is -2.67. The minimum atomic E-state index is 0.230. The van der Waals surface area contributed by atoms with Crippen molar-refractivity contribution in [1.82, 2.24) is 4.90 Å². The van der Waals surface area contributed by atoms with Crippen LogP contribution in [0, 0.1) is 11.3 Å². The molecule has 1 saturated heterocycles. The van der Waals surface area contributed by atoms with Gasteiger partial charge in [-0.25, -0.2) is 0 Å². The zero-order valence-electron chi connectivity index (χ0n) is 10.6. The zero-order chi connectivity index (χ0) is 11.1. The molecule has 0 radical (unpaired) electrons. The van der Waals surface area contributed by atoms with Gasteiger partial charge in [-0.3, -0.25) is 4.90 Å². The van der Waals surface area contributed by atoms with Crippen molar-refractivity contribution in [1.29, 1.82) is 0 Å². The summed E-state index contributed by atoms with van der Waals surface area (Å²) in [7, 11) is 0. The maximum absolute atomic E-state index is 5.96. The first kappa shape index (κ1) is 11.4. The monoisotopic (exact) mass is 210 g/mol. The summed E-state index contributed by atoms with van der Waals surface area (Å²) in [6.45, 7) is 10.3. The maximum atomic E-state index is 5.96. The van der Waals surface area contributed by atoms with Crippen LogP contribution in [0.1, 0.15) is 46.5 Å². The fourth-order valence-electron chi connectivity index (χ4n) is 3.30. The van der Waals surface area contributed by atoms with Crippen molar-refractivity contribution in [3.63, 3.8) is 0 Å². The molecule has 2 heteroatoms. The summed E-state index contributed by atoms with van der Waals surface area (Å²) in [5.74, 6) is 0.654. The Bertz CT molecular complexity index is 223. The van der Waals surface area contributed by atoms with Crippen LogP contribution in [0.3, 0.4) is 0 Å². The van der Waals surface area contributed by atoms with Gasteiger partial charge in [-0.1, -0.05) is 26.7 Å². The fourth-order valence-corrected chi connectivity index (χ4v) is 3.30. The van der Waals surface area contributed by atoms with Crippen LogP contribution in [0.5, 0.6) is 0 Å².